The Hall–Kier alpha value is -2.63. The Bertz CT molecular complexity index is 824. The quantitative estimate of drug-likeness (QED) is 0.910. The van der Waals surface area contributed by atoms with Crippen molar-refractivity contribution < 1.29 is 9.53 Å². The Balaban J connectivity index is 1.81. The summed E-state index contributed by atoms with van der Waals surface area (Å²) in [5.41, 5.74) is 2.64. The third kappa shape index (κ3) is 3.64. The van der Waals surface area contributed by atoms with Crippen LogP contribution in [-0.4, -0.2) is 27.8 Å². The van der Waals surface area contributed by atoms with E-state index in [2.05, 4.69) is 10.4 Å². The lowest BCUT2D eigenvalue weighted by molar-refractivity contribution is -0.127. The van der Waals surface area contributed by atoms with E-state index >= 15 is 0 Å². The first-order chi connectivity index (χ1) is 11.4. The second-order valence-corrected chi connectivity index (χ2v) is 6.23. The molecule has 126 valence electrons. The van der Waals surface area contributed by atoms with Gasteiger partial charge < -0.3 is 10.1 Å². The molecule has 1 saturated carbocycles. The van der Waals surface area contributed by atoms with E-state index in [0.717, 1.165) is 24.0 Å². The molecular formula is C18H21N3O3. The van der Waals surface area contributed by atoms with Crippen LogP contribution < -0.4 is 15.6 Å². The number of nitrogens with one attached hydrogen (secondary N) is 1. The standard InChI is InChI=1S/C18H21N3O3/c1-11-4-7-15(10-12(11)2)21-17(22)9-8-16(20-21)24-13(3)18(23)19-14-5-6-14/h4,7-10,13-14H,5-6H2,1-3H3,(H,19,23)/t13-/m1/s1. The van der Waals surface area contributed by atoms with E-state index in [9.17, 15) is 9.59 Å². The van der Waals surface area contributed by atoms with Gasteiger partial charge in [0.15, 0.2) is 6.10 Å². The summed E-state index contributed by atoms with van der Waals surface area (Å²) in [6, 6.07) is 8.84. The third-order valence-electron chi connectivity index (χ3n) is 4.10. The van der Waals surface area contributed by atoms with E-state index < -0.39 is 6.10 Å². The number of carbonyl (C=O) groups excluding carboxylic acids is 1. The lowest BCUT2D eigenvalue weighted by atomic mass is 10.1. The number of aryl methyl sites for hydroxylation is 2. The summed E-state index contributed by atoms with van der Waals surface area (Å²) in [5.74, 6) is 0.0782. The van der Waals surface area contributed by atoms with Gasteiger partial charge in [0, 0.05) is 18.2 Å². The minimum atomic E-state index is -0.663. The monoisotopic (exact) mass is 327 g/mol. The molecule has 1 atom stereocenters. The first kappa shape index (κ1) is 16.2. The lowest BCUT2D eigenvalue weighted by Crippen LogP contribution is -2.38. The molecule has 1 amide bonds. The molecule has 1 aliphatic rings. The minimum Gasteiger partial charge on any atom is -0.464 e. The third-order valence-corrected chi connectivity index (χ3v) is 4.10. The van der Waals surface area contributed by atoms with Gasteiger partial charge in [0.1, 0.15) is 0 Å². The highest BCUT2D eigenvalue weighted by atomic mass is 16.5. The molecular weight excluding hydrogens is 306 g/mol. The Labute approximate surface area is 140 Å². The molecule has 1 aromatic carbocycles. The summed E-state index contributed by atoms with van der Waals surface area (Å²) < 4.78 is 6.88. The van der Waals surface area contributed by atoms with Gasteiger partial charge in [-0.15, -0.1) is 5.10 Å². The van der Waals surface area contributed by atoms with Gasteiger partial charge in [-0.25, -0.2) is 0 Å². The molecule has 0 radical (unpaired) electrons. The summed E-state index contributed by atoms with van der Waals surface area (Å²) in [6.07, 6.45) is 1.38. The number of hydrogen-bond acceptors (Lipinski definition) is 4. The number of amides is 1. The van der Waals surface area contributed by atoms with Gasteiger partial charge in [0.2, 0.25) is 5.88 Å². The van der Waals surface area contributed by atoms with Crippen molar-refractivity contribution in [1.82, 2.24) is 15.1 Å². The maximum atomic E-state index is 12.1. The van der Waals surface area contributed by atoms with Gasteiger partial charge in [0.05, 0.1) is 5.69 Å². The van der Waals surface area contributed by atoms with Crippen molar-refractivity contribution in [2.24, 2.45) is 0 Å². The molecule has 0 bridgehead atoms. The molecule has 1 N–H and O–H groups in total. The van der Waals surface area contributed by atoms with Crippen LogP contribution in [-0.2, 0) is 4.79 Å². The first-order valence-electron chi connectivity index (χ1n) is 8.09. The maximum Gasteiger partial charge on any atom is 0.271 e. The number of aromatic nitrogens is 2. The summed E-state index contributed by atoms with van der Waals surface area (Å²) in [4.78, 5) is 24.1. The van der Waals surface area contributed by atoms with Gasteiger partial charge in [-0.1, -0.05) is 6.07 Å². The van der Waals surface area contributed by atoms with Crippen LogP contribution in [0.2, 0.25) is 0 Å². The fraction of sp³-hybridized carbons (Fsp3) is 0.389. The smallest absolute Gasteiger partial charge is 0.271 e. The number of rotatable bonds is 5. The Kier molecular flexibility index (Phi) is 4.38. The van der Waals surface area contributed by atoms with Gasteiger partial charge in [-0.05, 0) is 56.9 Å². The van der Waals surface area contributed by atoms with Crippen LogP contribution in [0.15, 0.2) is 35.1 Å². The second-order valence-electron chi connectivity index (χ2n) is 6.23. The molecule has 0 saturated heterocycles. The lowest BCUT2D eigenvalue weighted by Gasteiger charge is -2.14. The largest absolute Gasteiger partial charge is 0.464 e. The number of benzene rings is 1. The average Bonchev–Trinajstić information content (AvgIpc) is 3.36. The highest BCUT2D eigenvalue weighted by molar-refractivity contribution is 5.81. The molecule has 1 aliphatic carbocycles. The van der Waals surface area contributed by atoms with Crippen molar-refractivity contribution >= 4 is 5.91 Å². The molecule has 6 heteroatoms. The van der Waals surface area contributed by atoms with Gasteiger partial charge in [0.25, 0.3) is 11.5 Å². The molecule has 0 unspecified atom stereocenters. The molecule has 6 nitrogen and oxygen atoms in total. The topological polar surface area (TPSA) is 73.2 Å². The van der Waals surface area contributed by atoms with Crippen molar-refractivity contribution in [1.29, 1.82) is 0 Å². The zero-order valence-electron chi connectivity index (χ0n) is 14.1. The van der Waals surface area contributed by atoms with E-state index in [1.807, 2.05) is 32.0 Å². The Morgan fingerprint density at radius 1 is 1.25 bits per heavy atom. The summed E-state index contributed by atoms with van der Waals surface area (Å²) in [6.45, 7) is 5.66. The summed E-state index contributed by atoms with van der Waals surface area (Å²) in [7, 11) is 0. The van der Waals surface area contributed by atoms with Crippen molar-refractivity contribution in [2.75, 3.05) is 0 Å². The molecule has 0 spiro atoms. The van der Waals surface area contributed by atoms with Gasteiger partial charge in [-0.3, -0.25) is 9.59 Å². The predicted molar refractivity (Wildman–Crippen MR) is 90.6 cm³/mol. The fourth-order valence-electron chi connectivity index (χ4n) is 2.28. The van der Waals surface area contributed by atoms with Crippen LogP contribution in [0, 0.1) is 13.8 Å². The fourth-order valence-corrected chi connectivity index (χ4v) is 2.28. The first-order valence-corrected chi connectivity index (χ1v) is 8.09. The van der Waals surface area contributed by atoms with E-state index in [0.29, 0.717) is 5.69 Å². The van der Waals surface area contributed by atoms with Crippen molar-refractivity contribution in [3.05, 3.63) is 51.8 Å². The van der Waals surface area contributed by atoms with Crippen molar-refractivity contribution in [3.8, 4) is 11.6 Å². The van der Waals surface area contributed by atoms with Crippen LogP contribution in [0.5, 0.6) is 5.88 Å². The van der Waals surface area contributed by atoms with Gasteiger partial charge >= 0.3 is 0 Å². The van der Waals surface area contributed by atoms with E-state index in [4.69, 9.17) is 4.74 Å². The Morgan fingerprint density at radius 2 is 2.00 bits per heavy atom. The second kappa shape index (κ2) is 6.47. The van der Waals surface area contributed by atoms with E-state index in [1.165, 1.54) is 16.8 Å². The van der Waals surface area contributed by atoms with Crippen LogP contribution in [0.3, 0.4) is 0 Å². The number of carbonyl (C=O) groups is 1. The zero-order valence-corrected chi connectivity index (χ0v) is 14.1. The molecule has 0 aliphatic heterocycles. The van der Waals surface area contributed by atoms with Crippen LogP contribution in [0.4, 0.5) is 0 Å². The molecule has 1 fully saturated rings. The Morgan fingerprint density at radius 3 is 2.67 bits per heavy atom. The van der Waals surface area contributed by atoms with Gasteiger partial charge in [-0.2, -0.15) is 4.68 Å². The minimum absolute atomic E-state index is 0.164. The van der Waals surface area contributed by atoms with Crippen LogP contribution in [0.1, 0.15) is 30.9 Å². The van der Waals surface area contributed by atoms with Crippen molar-refractivity contribution in [3.63, 3.8) is 0 Å². The zero-order chi connectivity index (χ0) is 17.3. The SMILES string of the molecule is Cc1ccc(-n2nc(O[C@H](C)C(=O)NC3CC3)ccc2=O)cc1C. The van der Waals surface area contributed by atoms with E-state index in [-0.39, 0.29) is 23.4 Å². The maximum absolute atomic E-state index is 12.1. The molecule has 1 aromatic heterocycles. The van der Waals surface area contributed by atoms with Crippen molar-refractivity contribution in [2.45, 2.75) is 45.8 Å². The van der Waals surface area contributed by atoms with Crippen LogP contribution >= 0.6 is 0 Å². The molecule has 2 aromatic rings. The highest BCUT2D eigenvalue weighted by Gasteiger charge is 2.26. The van der Waals surface area contributed by atoms with E-state index in [1.54, 1.807) is 6.92 Å². The predicted octanol–water partition coefficient (Wildman–Crippen LogP) is 1.90. The molecule has 1 heterocycles. The summed E-state index contributed by atoms with van der Waals surface area (Å²) in [5, 5.41) is 7.12. The molecule has 3 rings (SSSR count). The normalized spacial score (nSPS) is 15.0. The highest BCUT2D eigenvalue weighted by Crippen LogP contribution is 2.19. The molecule has 24 heavy (non-hydrogen) atoms. The number of ether oxygens (including phenoxy) is 1. The number of nitrogens with zero attached hydrogens (tertiary/aromatic N) is 2. The summed E-state index contributed by atoms with van der Waals surface area (Å²) >= 11 is 0. The number of hydrogen-bond donors (Lipinski definition) is 1. The van der Waals surface area contributed by atoms with Crippen LogP contribution in [0.25, 0.3) is 5.69 Å². The average molecular weight is 327 g/mol.